The van der Waals surface area contributed by atoms with E-state index in [4.69, 9.17) is 0 Å². The molecule has 2 aromatic carbocycles. The normalized spacial score (nSPS) is 16.6. The van der Waals surface area contributed by atoms with Gasteiger partial charge in [-0.2, -0.15) is 13.2 Å². The Morgan fingerprint density at radius 3 is 2.69 bits per heavy atom. The van der Waals surface area contributed by atoms with Gasteiger partial charge in [0, 0.05) is 17.0 Å². The number of alkyl halides is 3. The van der Waals surface area contributed by atoms with E-state index in [1.165, 1.54) is 30.8 Å². The van der Waals surface area contributed by atoms with Crippen molar-refractivity contribution in [2.75, 3.05) is 10.6 Å². The van der Waals surface area contributed by atoms with Crippen molar-refractivity contribution in [1.82, 2.24) is 0 Å². The fourth-order valence-electron chi connectivity index (χ4n) is 2.61. The van der Waals surface area contributed by atoms with Crippen molar-refractivity contribution in [3.05, 3.63) is 53.6 Å². The van der Waals surface area contributed by atoms with E-state index >= 15 is 0 Å². The summed E-state index contributed by atoms with van der Waals surface area (Å²) in [6, 6.07) is 10.8. The highest BCUT2D eigenvalue weighted by atomic mass is 32.2. The number of hydrogen-bond acceptors (Lipinski definition) is 3. The third-order valence-corrected chi connectivity index (χ3v) is 5.18. The molecule has 0 fully saturated rings. The summed E-state index contributed by atoms with van der Waals surface area (Å²) in [5, 5.41) is 4.53. The molecular formula is C18H15F3N2O2S. The Morgan fingerprint density at radius 1 is 1.23 bits per heavy atom. The van der Waals surface area contributed by atoms with Gasteiger partial charge in [-0.25, -0.2) is 0 Å². The largest absolute Gasteiger partial charge is 0.416 e. The second kappa shape index (κ2) is 7.03. The number of aryl methyl sites for hydroxylation is 1. The first kappa shape index (κ1) is 18.3. The van der Waals surface area contributed by atoms with Crippen molar-refractivity contribution >= 4 is 35.0 Å². The summed E-state index contributed by atoms with van der Waals surface area (Å²) in [5.41, 5.74) is 0.0189. The van der Waals surface area contributed by atoms with Gasteiger partial charge in [-0.15, -0.1) is 11.8 Å². The standard InChI is InChI=1S/C18H15F3N2O2S/c1-10-6-7-11(8-12(10)18(19,20)21)22-16(24)9-15-17(25)23-13-4-2-3-5-14(13)26-15/h2-8,15H,9H2,1H3,(H,22,24)(H,23,25). The van der Waals surface area contributed by atoms with Gasteiger partial charge in [0.15, 0.2) is 0 Å². The first-order chi connectivity index (χ1) is 12.2. The Bertz CT molecular complexity index is 868. The zero-order chi connectivity index (χ0) is 18.9. The Morgan fingerprint density at radius 2 is 1.96 bits per heavy atom. The molecule has 0 saturated heterocycles. The molecule has 2 aromatic rings. The molecule has 1 unspecified atom stereocenters. The molecule has 8 heteroatoms. The molecule has 3 rings (SSSR count). The minimum absolute atomic E-state index is 0.0505. The molecule has 1 aliphatic rings. The second-order valence-corrected chi connectivity index (χ2v) is 7.12. The molecule has 2 amide bonds. The van der Waals surface area contributed by atoms with Crippen molar-refractivity contribution < 1.29 is 22.8 Å². The summed E-state index contributed by atoms with van der Waals surface area (Å²) in [7, 11) is 0. The summed E-state index contributed by atoms with van der Waals surface area (Å²) in [6.07, 6.45) is -4.63. The Hall–Kier alpha value is -2.48. The van der Waals surface area contributed by atoms with E-state index in [1.54, 1.807) is 12.1 Å². The van der Waals surface area contributed by atoms with E-state index in [1.807, 2.05) is 12.1 Å². The van der Waals surface area contributed by atoms with Crippen LogP contribution in [0.5, 0.6) is 0 Å². The highest BCUT2D eigenvalue weighted by Crippen LogP contribution is 2.37. The number of amides is 2. The van der Waals surface area contributed by atoms with E-state index in [2.05, 4.69) is 10.6 Å². The molecule has 2 N–H and O–H groups in total. The van der Waals surface area contributed by atoms with Crippen LogP contribution in [0.25, 0.3) is 0 Å². The maximum absolute atomic E-state index is 13.0. The van der Waals surface area contributed by atoms with Gasteiger partial charge in [0.05, 0.1) is 16.5 Å². The molecule has 4 nitrogen and oxygen atoms in total. The monoisotopic (exact) mass is 380 g/mol. The van der Waals surface area contributed by atoms with Crippen LogP contribution in [0.2, 0.25) is 0 Å². The molecule has 0 aliphatic carbocycles. The summed E-state index contributed by atoms with van der Waals surface area (Å²) in [4.78, 5) is 25.2. The first-order valence-electron chi connectivity index (χ1n) is 7.78. The third-order valence-electron chi connectivity index (χ3n) is 3.90. The van der Waals surface area contributed by atoms with Gasteiger partial charge in [0.2, 0.25) is 11.8 Å². The quantitative estimate of drug-likeness (QED) is 0.827. The zero-order valence-electron chi connectivity index (χ0n) is 13.7. The van der Waals surface area contributed by atoms with Crippen molar-refractivity contribution in [2.45, 2.75) is 29.7 Å². The summed E-state index contributed by atoms with van der Waals surface area (Å²) < 4.78 is 38.9. The lowest BCUT2D eigenvalue weighted by Crippen LogP contribution is -2.32. The van der Waals surface area contributed by atoms with E-state index in [0.29, 0.717) is 5.69 Å². The van der Waals surface area contributed by atoms with Gasteiger partial charge in [-0.1, -0.05) is 18.2 Å². The lowest BCUT2D eigenvalue weighted by molar-refractivity contribution is -0.138. The van der Waals surface area contributed by atoms with Crippen LogP contribution in [-0.4, -0.2) is 17.1 Å². The smallest absolute Gasteiger partial charge is 0.326 e. The fraction of sp³-hybridized carbons (Fsp3) is 0.222. The van der Waals surface area contributed by atoms with Crippen LogP contribution < -0.4 is 10.6 Å². The van der Waals surface area contributed by atoms with Gasteiger partial charge in [-0.3, -0.25) is 9.59 Å². The van der Waals surface area contributed by atoms with E-state index < -0.39 is 22.9 Å². The van der Waals surface area contributed by atoms with Crippen LogP contribution in [0.3, 0.4) is 0 Å². The van der Waals surface area contributed by atoms with Crippen molar-refractivity contribution in [1.29, 1.82) is 0 Å². The highest BCUT2D eigenvalue weighted by Gasteiger charge is 2.33. The molecule has 136 valence electrons. The minimum atomic E-state index is -4.49. The number of benzene rings is 2. The maximum Gasteiger partial charge on any atom is 0.416 e. The molecule has 1 aliphatic heterocycles. The molecular weight excluding hydrogens is 365 g/mol. The van der Waals surface area contributed by atoms with Crippen molar-refractivity contribution in [3.63, 3.8) is 0 Å². The summed E-state index contributed by atoms with van der Waals surface area (Å²) in [5.74, 6) is -0.822. The lowest BCUT2D eigenvalue weighted by Gasteiger charge is -2.23. The molecule has 0 radical (unpaired) electrons. The van der Waals surface area contributed by atoms with Gasteiger partial charge in [-0.05, 0) is 36.8 Å². The van der Waals surface area contributed by atoms with E-state index in [0.717, 1.165) is 11.0 Å². The van der Waals surface area contributed by atoms with Gasteiger partial charge >= 0.3 is 6.18 Å². The molecule has 0 bridgehead atoms. The third kappa shape index (κ3) is 4.01. The zero-order valence-corrected chi connectivity index (χ0v) is 14.5. The van der Waals surface area contributed by atoms with Gasteiger partial charge < -0.3 is 10.6 Å². The number of hydrogen-bond donors (Lipinski definition) is 2. The number of carbonyl (C=O) groups is 2. The Balaban J connectivity index is 1.69. The van der Waals surface area contributed by atoms with Crippen LogP contribution in [0.15, 0.2) is 47.4 Å². The average Bonchev–Trinajstić information content (AvgIpc) is 2.56. The molecule has 1 heterocycles. The number of nitrogens with one attached hydrogen (secondary N) is 2. The molecule has 0 saturated carbocycles. The summed E-state index contributed by atoms with van der Waals surface area (Å²) >= 11 is 1.26. The van der Waals surface area contributed by atoms with E-state index in [9.17, 15) is 22.8 Å². The fourth-order valence-corrected chi connectivity index (χ4v) is 3.72. The van der Waals surface area contributed by atoms with Crippen LogP contribution in [-0.2, 0) is 15.8 Å². The number of halogens is 3. The number of fused-ring (bicyclic) bond motifs is 1. The van der Waals surface area contributed by atoms with E-state index in [-0.39, 0.29) is 23.6 Å². The minimum Gasteiger partial charge on any atom is -0.326 e. The molecule has 1 atom stereocenters. The van der Waals surface area contributed by atoms with Gasteiger partial charge in [0.1, 0.15) is 0 Å². The summed E-state index contributed by atoms with van der Waals surface area (Å²) in [6.45, 7) is 1.36. The average molecular weight is 380 g/mol. The lowest BCUT2D eigenvalue weighted by atomic mass is 10.1. The second-order valence-electron chi connectivity index (χ2n) is 5.87. The Labute approximate surface area is 152 Å². The van der Waals surface area contributed by atoms with Crippen LogP contribution in [0.1, 0.15) is 17.5 Å². The highest BCUT2D eigenvalue weighted by molar-refractivity contribution is 8.01. The molecule has 0 aromatic heterocycles. The maximum atomic E-state index is 13.0. The van der Waals surface area contributed by atoms with Crippen LogP contribution >= 0.6 is 11.8 Å². The molecule has 0 spiro atoms. The first-order valence-corrected chi connectivity index (χ1v) is 8.66. The van der Waals surface area contributed by atoms with Crippen molar-refractivity contribution in [3.8, 4) is 0 Å². The number of thioether (sulfide) groups is 1. The van der Waals surface area contributed by atoms with Crippen LogP contribution in [0.4, 0.5) is 24.5 Å². The predicted molar refractivity (Wildman–Crippen MR) is 94.1 cm³/mol. The number of anilines is 2. The predicted octanol–water partition coefficient (Wildman–Crippen LogP) is 4.46. The van der Waals surface area contributed by atoms with Crippen LogP contribution in [0, 0.1) is 6.92 Å². The number of para-hydroxylation sites is 1. The molecule has 26 heavy (non-hydrogen) atoms. The Kier molecular flexibility index (Phi) is 4.95. The number of carbonyl (C=O) groups excluding carboxylic acids is 2. The van der Waals surface area contributed by atoms with Crippen molar-refractivity contribution in [2.24, 2.45) is 0 Å². The van der Waals surface area contributed by atoms with Gasteiger partial charge in [0.25, 0.3) is 0 Å². The SMILES string of the molecule is Cc1ccc(NC(=O)CC2Sc3ccccc3NC2=O)cc1C(F)(F)F. The number of rotatable bonds is 3. The topological polar surface area (TPSA) is 58.2 Å².